The first-order chi connectivity index (χ1) is 14.0. The van der Waals surface area contributed by atoms with Crippen molar-refractivity contribution in [2.45, 2.75) is 32.9 Å². The van der Waals surface area contributed by atoms with E-state index in [1.165, 1.54) is 0 Å². The fourth-order valence-electron chi connectivity index (χ4n) is 3.09. The van der Waals surface area contributed by atoms with Crippen molar-refractivity contribution in [3.63, 3.8) is 0 Å². The Balaban J connectivity index is 1.40. The van der Waals surface area contributed by atoms with Gasteiger partial charge in [0.1, 0.15) is 6.54 Å². The van der Waals surface area contributed by atoms with Crippen LogP contribution in [-0.2, 0) is 17.8 Å². The molecule has 2 aromatic heterocycles. The van der Waals surface area contributed by atoms with Gasteiger partial charge in [0.2, 0.25) is 5.91 Å². The molecular formula is C22H27N5O2. The third-order valence-corrected chi connectivity index (χ3v) is 4.63. The summed E-state index contributed by atoms with van der Waals surface area (Å²) >= 11 is 0. The summed E-state index contributed by atoms with van der Waals surface area (Å²) in [6.45, 7) is 5.28. The molecule has 0 unspecified atom stereocenters. The fourth-order valence-corrected chi connectivity index (χ4v) is 3.09. The van der Waals surface area contributed by atoms with Gasteiger partial charge in [-0.1, -0.05) is 18.2 Å². The van der Waals surface area contributed by atoms with Crippen LogP contribution in [0.25, 0.3) is 0 Å². The maximum absolute atomic E-state index is 12.2. The average Bonchev–Trinajstić information content (AvgIpc) is 3.03. The Morgan fingerprint density at radius 2 is 2.00 bits per heavy atom. The fraction of sp³-hybridized carbons (Fsp3) is 0.318. The predicted octanol–water partition coefficient (Wildman–Crippen LogP) is 2.40. The van der Waals surface area contributed by atoms with Crippen molar-refractivity contribution < 1.29 is 9.90 Å². The van der Waals surface area contributed by atoms with Gasteiger partial charge in [0.05, 0.1) is 11.8 Å². The van der Waals surface area contributed by atoms with Gasteiger partial charge >= 0.3 is 0 Å². The Labute approximate surface area is 170 Å². The van der Waals surface area contributed by atoms with E-state index in [9.17, 15) is 9.90 Å². The van der Waals surface area contributed by atoms with Crippen LogP contribution in [-0.4, -0.2) is 38.9 Å². The molecule has 0 fully saturated rings. The summed E-state index contributed by atoms with van der Waals surface area (Å²) < 4.78 is 1.70. The standard InChI is InChI=1S/C22H27N5O2/c1-16-12-17(2)27(26-16)15-22(29)25-20-7-5-18(6-8-20)9-11-24-14-21(28)19-4-3-10-23-13-19/h3-8,10,12-13,21,24,28H,9,11,14-15H2,1-2H3,(H,25,29)/t21-/m0/s1. The van der Waals surface area contributed by atoms with Gasteiger partial charge in [-0.05, 0) is 56.6 Å². The summed E-state index contributed by atoms with van der Waals surface area (Å²) in [6.07, 6.45) is 3.63. The molecule has 1 atom stereocenters. The van der Waals surface area contributed by atoms with Gasteiger partial charge in [-0.3, -0.25) is 14.5 Å². The molecular weight excluding hydrogens is 366 g/mol. The van der Waals surface area contributed by atoms with E-state index in [1.54, 1.807) is 17.1 Å². The van der Waals surface area contributed by atoms with Crippen molar-refractivity contribution in [1.29, 1.82) is 0 Å². The summed E-state index contributed by atoms with van der Waals surface area (Å²) in [6, 6.07) is 13.4. The van der Waals surface area contributed by atoms with Crippen molar-refractivity contribution in [2.24, 2.45) is 0 Å². The van der Waals surface area contributed by atoms with Crippen LogP contribution in [0, 0.1) is 13.8 Å². The molecule has 29 heavy (non-hydrogen) atoms. The van der Waals surface area contributed by atoms with Crippen LogP contribution >= 0.6 is 0 Å². The highest BCUT2D eigenvalue weighted by Crippen LogP contribution is 2.12. The summed E-state index contributed by atoms with van der Waals surface area (Å²) in [5, 5.41) is 20.6. The number of aromatic nitrogens is 3. The molecule has 0 saturated carbocycles. The molecule has 0 spiro atoms. The lowest BCUT2D eigenvalue weighted by atomic mass is 10.1. The van der Waals surface area contributed by atoms with E-state index in [0.717, 1.165) is 41.2 Å². The van der Waals surface area contributed by atoms with Crippen molar-refractivity contribution in [3.05, 3.63) is 77.4 Å². The quantitative estimate of drug-likeness (QED) is 0.486. The lowest BCUT2D eigenvalue weighted by Gasteiger charge is -2.12. The largest absolute Gasteiger partial charge is 0.387 e. The molecule has 1 amide bonds. The summed E-state index contributed by atoms with van der Waals surface area (Å²) in [5.74, 6) is -0.102. The van der Waals surface area contributed by atoms with Crippen LogP contribution in [0.15, 0.2) is 54.9 Å². The predicted molar refractivity (Wildman–Crippen MR) is 113 cm³/mol. The highest BCUT2D eigenvalue weighted by atomic mass is 16.3. The van der Waals surface area contributed by atoms with E-state index in [1.807, 2.05) is 56.3 Å². The van der Waals surface area contributed by atoms with Gasteiger partial charge in [-0.15, -0.1) is 0 Å². The second-order valence-corrected chi connectivity index (χ2v) is 7.09. The van der Waals surface area contributed by atoms with E-state index >= 15 is 0 Å². The Morgan fingerprint density at radius 3 is 2.66 bits per heavy atom. The van der Waals surface area contributed by atoms with Gasteiger partial charge in [0.15, 0.2) is 0 Å². The van der Waals surface area contributed by atoms with Crippen LogP contribution in [0.2, 0.25) is 0 Å². The summed E-state index contributed by atoms with van der Waals surface area (Å²) in [5.41, 5.74) is 4.60. The van der Waals surface area contributed by atoms with Crippen molar-refractivity contribution in [1.82, 2.24) is 20.1 Å². The van der Waals surface area contributed by atoms with Crippen LogP contribution < -0.4 is 10.6 Å². The Kier molecular flexibility index (Phi) is 7.10. The number of benzene rings is 1. The second kappa shape index (κ2) is 9.95. The topological polar surface area (TPSA) is 92.1 Å². The molecule has 0 aliphatic rings. The molecule has 7 heteroatoms. The number of aliphatic hydroxyl groups is 1. The summed E-state index contributed by atoms with van der Waals surface area (Å²) in [7, 11) is 0. The number of nitrogens with one attached hydrogen (secondary N) is 2. The third-order valence-electron chi connectivity index (χ3n) is 4.63. The molecule has 0 aliphatic carbocycles. The van der Waals surface area contributed by atoms with Gasteiger partial charge < -0.3 is 15.7 Å². The first kappa shape index (κ1) is 20.7. The maximum Gasteiger partial charge on any atom is 0.246 e. The molecule has 0 bridgehead atoms. The number of carbonyl (C=O) groups is 1. The first-order valence-corrected chi connectivity index (χ1v) is 9.70. The number of pyridine rings is 1. The monoisotopic (exact) mass is 393 g/mol. The highest BCUT2D eigenvalue weighted by Gasteiger charge is 2.08. The lowest BCUT2D eigenvalue weighted by Crippen LogP contribution is -2.23. The molecule has 152 valence electrons. The number of aryl methyl sites for hydroxylation is 2. The zero-order valence-corrected chi connectivity index (χ0v) is 16.8. The van der Waals surface area contributed by atoms with E-state index < -0.39 is 6.10 Å². The minimum absolute atomic E-state index is 0.102. The SMILES string of the molecule is Cc1cc(C)n(CC(=O)Nc2ccc(CCNC[C@H](O)c3cccnc3)cc2)n1. The number of rotatable bonds is 9. The van der Waals surface area contributed by atoms with Gasteiger partial charge in [0, 0.05) is 35.9 Å². The highest BCUT2D eigenvalue weighted by molar-refractivity contribution is 5.90. The number of amides is 1. The zero-order valence-electron chi connectivity index (χ0n) is 16.8. The average molecular weight is 393 g/mol. The molecule has 2 heterocycles. The number of carbonyl (C=O) groups excluding carboxylic acids is 1. The normalized spacial score (nSPS) is 12.0. The summed E-state index contributed by atoms with van der Waals surface area (Å²) in [4.78, 5) is 16.2. The molecule has 0 aliphatic heterocycles. The van der Waals surface area contributed by atoms with Crippen LogP contribution in [0.1, 0.15) is 28.6 Å². The number of hydrogen-bond donors (Lipinski definition) is 3. The second-order valence-electron chi connectivity index (χ2n) is 7.09. The zero-order chi connectivity index (χ0) is 20.6. The molecule has 3 aromatic rings. The van der Waals surface area contributed by atoms with E-state index in [-0.39, 0.29) is 12.5 Å². The minimum Gasteiger partial charge on any atom is -0.387 e. The molecule has 0 saturated heterocycles. The number of anilines is 1. The van der Waals surface area contributed by atoms with Gasteiger partial charge in [0.25, 0.3) is 0 Å². The van der Waals surface area contributed by atoms with E-state index in [0.29, 0.717) is 6.54 Å². The van der Waals surface area contributed by atoms with Crippen molar-refractivity contribution >= 4 is 11.6 Å². The van der Waals surface area contributed by atoms with Crippen LogP contribution in [0.3, 0.4) is 0 Å². The number of aliphatic hydroxyl groups excluding tert-OH is 1. The Hall–Kier alpha value is -3.03. The lowest BCUT2D eigenvalue weighted by molar-refractivity contribution is -0.116. The van der Waals surface area contributed by atoms with Crippen molar-refractivity contribution in [3.8, 4) is 0 Å². The van der Waals surface area contributed by atoms with E-state index in [2.05, 4.69) is 20.7 Å². The smallest absolute Gasteiger partial charge is 0.246 e. The third kappa shape index (κ3) is 6.23. The maximum atomic E-state index is 12.2. The molecule has 0 radical (unpaired) electrons. The van der Waals surface area contributed by atoms with Crippen LogP contribution in [0.4, 0.5) is 5.69 Å². The van der Waals surface area contributed by atoms with Crippen molar-refractivity contribution in [2.75, 3.05) is 18.4 Å². The molecule has 7 nitrogen and oxygen atoms in total. The number of nitrogens with zero attached hydrogens (tertiary/aromatic N) is 3. The van der Waals surface area contributed by atoms with Gasteiger partial charge in [-0.25, -0.2) is 0 Å². The Morgan fingerprint density at radius 1 is 1.21 bits per heavy atom. The van der Waals surface area contributed by atoms with Gasteiger partial charge in [-0.2, -0.15) is 5.10 Å². The van der Waals surface area contributed by atoms with E-state index in [4.69, 9.17) is 0 Å². The first-order valence-electron chi connectivity index (χ1n) is 9.70. The Bertz CT molecular complexity index is 922. The minimum atomic E-state index is -0.566. The molecule has 3 rings (SSSR count). The molecule has 1 aromatic carbocycles. The van der Waals surface area contributed by atoms with Crippen LogP contribution in [0.5, 0.6) is 0 Å². The number of hydrogen-bond acceptors (Lipinski definition) is 5. The molecule has 3 N–H and O–H groups in total.